The van der Waals surface area contributed by atoms with E-state index in [4.69, 9.17) is 4.74 Å². The molecule has 3 rings (SSSR count). The Morgan fingerprint density at radius 3 is 2.67 bits per heavy atom. The van der Waals surface area contributed by atoms with E-state index in [-0.39, 0.29) is 0 Å². The number of ether oxygens (including phenoxy) is 1. The third-order valence-corrected chi connectivity index (χ3v) is 3.57. The molecule has 0 spiro atoms. The SMILES string of the molecule is COc1ccc(CNc2cnnc(N3CCCC3)n2)cc1. The van der Waals surface area contributed by atoms with Gasteiger partial charge in [-0.05, 0) is 30.5 Å². The topological polar surface area (TPSA) is 63.2 Å². The van der Waals surface area contributed by atoms with E-state index in [1.165, 1.54) is 12.8 Å². The number of nitrogens with zero attached hydrogens (tertiary/aromatic N) is 4. The molecule has 1 aromatic carbocycles. The number of methoxy groups -OCH3 is 1. The van der Waals surface area contributed by atoms with Crippen LogP contribution in [0.15, 0.2) is 30.5 Å². The minimum atomic E-state index is 0.697. The van der Waals surface area contributed by atoms with Crippen LogP contribution in [-0.4, -0.2) is 35.4 Å². The Hall–Kier alpha value is -2.37. The van der Waals surface area contributed by atoms with E-state index in [9.17, 15) is 0 Å². The van der Waals surface area contributed by atoms with Crippen molar-refractivity contribution in [3.8, 4) is 5.75 Å². The van der Waals surface area contributed by atoms with Crippen molar-refractivity contribution in [3.05, 3.63) is 36.0 Å². The summed E-state index contributed by atoms with van der Waals surface area (Å²) >= 11 is 0. The van der Waals surface area contributed by atoms with E-state index < -0.39 is 0 Å². The van der Waals surface area contributed by atoms with Gasteiger partial charge in [-0.2, -0.15) is 10.1 Å². The molecule has 0 bridgehead atoms. The van der Waals surface area contributed by atoms with Crippen molar-refractivity contribution in [1.29, 1.82) is 0 Å². The first kappa shape index (κ1) is 13.6. The Morgan fingerprint density at radius 2 is 1.95 bits per heavy atom. The van der Waals surface area contributed by atoms with E-state index in [0.717, 1.165) is 30.2 Å². The summed E-state index contributed by atoms with van der Waals surface area (Å²) in [5.41, 5.74) is 1.16. The molecule has 1 fully saturated rings. The molecule has 1 saturated heterocycles. The number of hydrogen-bond donors (Lipinski definition) is 1. The van der Waals surface area contributed by atoms with Crippen LogP contribution in [0.25, 0.3) is 0 Å². The van der Waals surface area contributed by atoms with E-state index >= 15 is 0 Å². The first-order chi connectivity index (χ1) is 10.3. The zero-order chi connectivity index (χ0) is 14.5. The quantitative estimate of drug-likeness (QED) is 0.907. The lowest BCUT2D eigenvalue weighted by Gasteiger charge is -2.14. The largest absolute Gasteiger partial charge is 0.497 e. The van der Waals surface area contributed by atoms with Crippen LogP contribution in [0.5, 0.6) is 5.75 Å². The van der Waals surface area contributed by atoms with Crippen molar-refractivity contribution in [2.45, 2.75) is 19.4 Å². The molecule has 0 aliphatic carbocycles. The lowest BCUT2D eigenvalue weighted by Crippen LogP contribution is -2.21. The molecule has 1 aromatic heterocycles. The Balaban J connectivity index is 1.62. The maximum atomic E-state index is 5.15. The zero-order valence-electron chi connectivity index (χ0n) is 12.1. The fourth-order valence-electron chi connectivity index (χ4n) is 2.37. The average molecular weight is 285 g/mol. The van der Waals surface area contributed by atoms with Gasteiger partial charge in [-0.15, -0.1) is 5.10 Å². The number of benzene rings is 1. The fraction of sp³-hybridized carbons (Fsp3) is 0.400. The van der Waals surface area contributed by atoms with Crippen LogP contribution < -0.4 is 15.0 Å². The van der Waals surface area contributed by atoms with Crippen molar-refractivity contribution >= 4 is 11.8 Å². The van der Waals surface area contributed by atoms with Gasteiger partial charge in [0.2, 0.25) is 5.95 Å². The van der Waals surface area contributed by atoms with Crippen LogP contribution in [-0.2, 0) is 6.54 Å². The summed E-state index contributed by atoms with van der Waals surface area (Å²) in [7, 11) is 1.67. The summed E-state index contributed by atoms with van der Waals surface area (Å²) in [6.45, 7) is 2.73. The van der Waals surface area contributed by atoms with Gasteiger partial charge in [-0.1, -0.05) is 12.1 Å². The van der Waals surface area contributed by atoms with Gasteiger partial charge >= 0.3 is 0 Å². The Kier molecular flexibility index (Phi) is 4.14. The lowest BCUT2D eigenvalue weighted by atomic mass is 10.2. The number of anilines is 2. The lowest BCUT2D eigenvalue weighted by molar-refractivity contribution is 0.414. The summed E-state index contributed by atoms with van der Waals surface area (Å²) < 4.78 is 5.15. The number of hydrogen-bond acceptors (Lipinski definition) is 6. The second-order valence-corrected chi connectivity index (χ2v) is 5.04. The molecule has 2 heterocycles. The van der Waals surface area contributed by atoms with E-state index in [0.29, 0.717) is 12.5 Å². The van der Waals surface area contributed by atoms with Crippen LogP contribution in [0.4, 0.5) is 11.8 Å². The molecule has 2 aromatic rings. The van der Waals surface area contributed by atoms with Crippen LogP contribution in [0.2, 0.25) is 0 Å². The summed E-state index contributed by atoms with van der Waals surface area (Å²) in [5.74, 6) is 2.33. The van der Waals surface area contributed by atoms with Gasteiger partial charge < -0.3 is 15.0 Å². The summed E-state index contributed by atoms with van der Waals surface area (Å²) in [5, 5.41) is 11.4. The van der Waals surface area contributed by atoms with Gasteiger partial charge in [0, 0.05) is 19.6 Å². The summed E-state index contributed by atoms with van der Waals surface area (Å²) in [4.78, 5) is 6.69. The number of rotatable bonds is 5. The first-order valence-electron chi connectivity index (χ1n) is 7.16. The van der Waals surface area contributed by atoms with Crippen molar-refractivity contribution in [2.24, 2.45) is 0 Å². The van der Waals surface area contributed by atoms with Crippen molar-refractivity contribution in [3.63, 3.8) is 0 Å². The third-order valence-electron chi connectivity index (χ3n) is 3.57. The standard InChI is InChI=1S/C15H19N5O/c1-21-13-6-4-12(5-7-13)10-16-14-11-17-19-15(18-14)20-8-2-3-9-20/h4-7,11H,2-3,8-10H2,1H3,(H,16,18,19). The Bertz CT molecular complexity index is 581. The maximum Gasteiger partial charge on any atom is 0.247 e. The van der Waals surface area contributed by atoms with Crippen LogP contribution in [0.1, 0.15) is 18.4 Å². The number of aromatic nitrogens is 3. The molecule has 110 valence electrons. The summed E-state index contributed by atoms with van der Waals surface area (Å²) in [6, 6.07) is 7.96. The minimum absolute atomic E-state index is 0.697. The first-order valence-corrected chi connectivity index (χ1v) is 7.16. The molecular weight excluding hydrogens is 266 g/mol. The molecule has 0 unspecified atom stereocenters. The fourth-order valence-corrected chi connectivity index (χ4v) is 2.37. The molecule has 0 saturated carbocycles. The minimum Gasteiger partial charge on any atom is -0.497 e. The monoisotopic (exact) mass is 285 g/mol. The van der Waals surface area contributed by atoms with Gasteiger partial charge in [-0.25, -0.2) is 0 Å². The van der Waals surface area contributed by atoms with Crippen molar-refractivity contribution in [1.82, 2.24) is 15.2 Å². The van der Waals surface area contributed by atoms with Crippen molar-refractivity contribution in [2.75, 3.05) is 30.4 Å². The molecule has 6 heteroatoms. The van der Waals surface area contributed by atoms with Crippen LogP contribution in [0, 0.1) is 0 Å². The van der Waals surface area contributed by atoms with Gasteiger partial charge in [0.15, 0.2) is 5.82 Å². The van der Waals surface area contributed by atoms with Crippen LogP contribution in [0.3, 0.4) is 0 Å². The molecule has 0 amide bonds. The van der Waals surface area contributed by atoms with Gasteiger partial charge in [0.05, 0.1) is 13.3 Å². The Labute approximate surface area is 124 Å². The highest BCUT2D eigenvalue weighted by Gasteiger charge is 2.15. The highest BCUT2D eigenvalue weighted by Crippen LogP contribution is 2.17. The van der Waals surface area contributed by atoms with E-state index in [2.05, 4.69) is 25.4 Å². The summed E-state index contributed by atoms with van der Waals surface area (Å²) in [6.07, 6.45) is 4.06. The normalized spacial score (nSPS) is 14.2. The molecule has 0 atom stereocenters. The highest BCUT2D eigenvalue weighted by molar-refractivity contribution is 5.40. The average Bonchev–Trinajstić information content (AvgIpc) is 3.08. The molecule has 1 aliphatic heterocycles. The maximum absolute atomic E-state index is 5.15. The Morgan fingerprint density at radius 1 is 1.19 bits per heavy atom. The van der Waals surface area contributed by atoms with Crippen LogP contribution >= 0.6 is 0 Å². The van der Waals surface area contributed by atoms with Gasteiger partial charge in [0.25, 0.3) is 0 Å². The predicted octanol–water partition coefficient (Wildman–Crippen LogP) is 2.09. The molecule has 21 heavy (non-hydrogen) atoms. The second-order valence-electron chi connectivity index (χ2n) is 5.04. The molecule has 6 nitrogen and oxygen atoms in total. The smallest absolute Gasteiger partial charge is 0.247 e. The van der Waals surface area contributed by atoms with Crippen molar-refractivity contribution < 1.29 is 4.74 Å². The highest BCUT2D eigenvalue weighted by atomic mass is 16.5. The number of nitrogens with one attached hydrogen (secondary N) is 1. The molecule has 1 aliphatic rings. The predicted molar refractivity (Wildman–Crippen MR) is 81.6 cm³/mol. The van der Waals surface area contributed by atoms with E-state index in [1.807, 2.05) is 24.3 Å². The third kappa shape index (κ3) is 3.39. The zero-order valence-corrected chi connectivity index (χ0v) is 12.1. The molecule has 1 N–H and O–H groups in total. The van der Waals surface area contributed by atoms with Gasteiger partial charge in [0.1, 0.15) is 5.75 Å². The second kappa shape index (κ2) is 6.39. The van der Waals surface area contributed by atoms with E-state index in [1.54, 1.807) is 13.3 Å². The molecule has 0 radical (unpaired) electrons. The van der Waals surface area contributed by atoms with Gasteiger partial charge in [-0.3, -0.25) is 0 Å². The molecular formula is C15H19N5O.